The molecular formula is C17H20BrN. The van der Waals surface area contributed by atoms with E-state index in [1.807, 2.05) is 0 Å². The Morgan fingerprint density at radius 2 is 1.74 bits per heavy atom. The van der Waals surface area contributed by atoms with Gasteiger partial charge in [-0.15, -0.1) is 0 Å². The zero-order chi connectivity index (χ0) is 14.0. The maximum atomic E-state index is 6.34. The minimum atomic E-state index is 0.0251. The number of benzene rings is 2. The van der Waals surface area contributed by atoms with Gasteiger partial charge in [-0.1, -0.05) is 46.3 Å². The summed E-state index contributed by atoms with van der Waals surface area (Å²) < 4.78 is 1.10. The highest BCUT2D eigenvalue weighted by atomic mass is 79.9. The average Bonchev–Trinajstić information content (AvgIpc) is 2.33. The van der Waals surface area contributed by atoms with Crippen molar-refractivity contribution in [2.24, 2.45) is 5.73 Å². The van der Waals surface area contributed by atoms with Gasteiger partial charge < -0.3 is 5.73 Å². The number of hydrogen-bond donors (Lipinski definition) is 1. The molecule has 1 nitrogen and oxygen atoms in total. The van der Waals surface area contributed by atoms with Crippen LogP contribution >= 0.6 is 15.9 Å². The topological polar surface area (TPSA) is 26.0 Å². The Bertz CT molecular complexity index is 590. The lowest BCUT2D eigenvalue weighted by molar-refractivity contribution is 0.717. The molecule has 2 rings (SSSR count). The third kappa shape index (κ3) is 3.46. The van der Waals surface area contributed by atoms with Crippen molar-refractivity contribution in [3.63, 3.8) is 0 Å². The van der Waals surface area contributed by atoms with Crippen LogP contribution in [-0.2, 0) is 6.42 Å². The Morgan fingerprint density at radius 3 is 2.37 bits per heavy atom. The molecular weight excluding hydrogens is 298 g/mol. The molecule has 0 saturated carbocycles. The Morgan fingerprint density at radius 1 is 1.00 bits per heavy atom. The molecule has 100 valence electrons. The highest BCUT2D eigenvalue weighted by molar-refractivity contribution is 9.10. The quantitative estimate of drug-likeness (QED) is 0.878. The van der Waals surface area contributed by atoms with Gasteiger partial charge in [-0.3, -0.25) is 0 Å². The molecule has 0 saturated heterocycles. The molecule has 2 aromatic carbocycles. The molecule has 19 heavy (non-hydrogen) atoms. The maximum Gasteiger partial charge on any atom is 0.0347 e. The Balaban J connectivity index is 2.20. The predicted molar refractivity (Wildman–Crippen MR) is 85.4 cm³/mol. The van der Waals surface area contributed by atoms with Crippen LogP contribution in [0.25, 0.3) is 0 Å². The Hall–Kier alpha value is -1.12. The molecule has 0 bridgehead atoms. The van der Waals surface area contributed by atoms with Crippen molar-refractivity contribution in [1.29, 1.82) is 0 Å². The van der Waals surface area contributed by atoms with Crippen molar-refractivity contribution in [2.45, 2.75) is 33.2 Å². The van der Waals surface area contributed by atoms with E-state index in [0.717, 1.165) is 10.9 Å². The van der Waals surface area contributed by atoms with Crippen molar-refractivity contribution in [3.8, 4) is 0 Å². The maximum absolute atomic E-state index is 6.34. The fraction of sp³-hybridized carbons (Fsp3) is 0.294. The summed E-state index contributed by atoms with van der Waals surface area (Å²) in [5, 5.41) is 0. The second-order valence-corrected chi connectivity index (χ2v) is 6.11. The fourth-order valence-electron chi connectivity index (χ4n) is 2.23. The lowest BCUT2D eigenvalue weighted by Gasteiger charge is -2.15. The first-order chi connectivity index (χ1) is 8.97. The van der Waals surface area contributed by atoms with Crippen LogP contribution in [0.4, 0.5) is 0 Å². The second kappa shape index (κ2) is 5.89. The summed E-state index contributed by atoms with van der Waals surface area (Å²) in [6.07, 6.45) is 0.864. The molecule has 0 fully saturated rings. The molecule has 1 unspecified atom stereocenters. The molecule has 0 aliphatic rings. The van der Waals surface area contributed by atoms with E-state index in [1.54, 1.807) is 0 Å². The van der Waals surface area contributed by atoms with Crippen molar-refractivity contribution in [1.82, 2.24) is 0 Å². The monoisotopic (exact) mass is 317 g/mol. The predicted octanol–water partition coefficient (Wildman–Crippen LogP) is 4.62. The van der Waals surface area contributed by atoms with Crippen LogP contribution < -0.4 is 5.73 Å². The summed E-state index contributed by atoms with van der Waals surface area (Å²) in [5.74, 6) is 0. The first-order valence-corrected chi connectivity index (χ1v) is 7.34. The summed E-state index contributed by atoms with van der Waals surface area (Å²) in [4.78, 5) is 0. The van der Waals surface area contributed by atoms with Gasteiger partial charge in [0, 0.05) is 10.5 Å². The van der Waals surface area contributed by atoms with Crippen LogP contribution in [0.1, 0.15) is 33.9 Å². The van der Waals surface area contributed by atoms with E-state index < -0.39 is 0 Å². The molecule has 2 aromatic rings. The number of hydrogen-bond acceptors (Lipinski definition) is 1. The average molecular weight is 318 g/mol. The SMILES string of the molecule is Cc1ccc(C(N)Cc2ccc(C)c(C)c2)c(Br)c1. The van der Waals surface area contributed by atoms with E-state index in [4.69, 9.17) is 5.73 Å². The summed E-state index contributed by atoms with van der Waals surface area (Å²) >= 11 is 3.61. The molecule has 1 atom stereocenters. The van der Waals surface area contributed by atoms with Crippen molar-refractivity contribution >= 4 is 15.9 Å². The van der Waals surface area contributed by atoms with Crippen LogP contribution in [0.5, 0.6) is 0 Å². The highest BCUT2D eigenvalue weighted by Gasteiger charge is 2.11. The van der Waals surface area contributed by atoms with Crippen LogP contribution in [0.3, 0.4) is 0 Å². The first-order valence-electron chi connectivity index (χ1n) is 6.55. The van der Waals surface area contributed by atoms with E-state index in [0.29, 0.717) is 0 Å². The zero-order valence-corrected chi connectivity index (χ0v) is 13.3. The molecule has 0 aromatic heterocycles. The summed E-state index contributed by atoms with van der Waals surface area (Å²) in [5.41, 5.74) is 12.7. The normalized spacial score (nSPS) is 12.5. The van der Waals surface area contributed by atoms with Crippen LogP contribution in [0.15, 0.2) is 40.9 Å². The summed E-state index contributed by atoms with van der Waals surface area (Å²) in [6.45, 7) is 6.37. The van der Waals surface area contributed by atoms with E-state index in [1.165, 1.54) is 27.8 Å². The number of aryl methyl sites for hydroxylation is 3. The van der Waals surface area contributed by atoms with Gasteiger partial charge in [-0.05, 0) is 61.1 Å². The van der Waals surface area contributed by atoms with Gasteiger partial charge >= 0.3 is 0 Å². The minimum absolute atomic E-state index is 0.0251. The first kappa shape index (κ1) is 14.3. The molecule has 0 radical (unpaired) electrons. The van der Waals surface area contributed by atoms with Gasteiger partial charge in [0.15, 0.2) is 0 Å². The van der Waals surface area contributed by atoms with Gasteiger partial charge in [-0.2, -0.15) is 0 Å². The largest absolute Gasteiger partial charge is 0.324 e. The number of halogens is 1. The number of rotatable bonds is 3. The third-order valence-electron chi connectivity index (χ3n) is 3.58. The molecule has 2 N–H and O–H groups in total. The molecule has 0 aliphatic heterocycles. The van der Waals surface area contributed by atoms with Crippen molar-refractivity contribution in [2.75, 3.05) is 0 Å². The van der Waals surface area contributed by atoms with E-state index in [9.17, 15) is 0 Å². The zero-order valence-electron chi connectivity index (χ0n) is 11.7. The fourth-order valence-corrected chi connectivity index (χ4v) is 3.01. The van der Waals surface area contributed by atoms with Crippen LogP contribution in [-0.4, -0.2) is 0 Å². The van der Waals surface area contributed by atoms with Gasteiger partial charge in [0.05, 0.1) is 0 Å². The molecule has 0 aliphatic carbocycles. The number of nitrogens with two attached hydrogens (primary N) is 1. The standard InChI is InChI=1S/C17H20BrN/c1-11-4-7-15(16(18)8-11)17(19)10-14-6-5-12(2)13(3)9-14/h4-9,17H,10,19H2,1-3H3. The van der Waals surface area contributed by atoms with Crippen molar-refractivity contribution in [3.05, 3.63) is 68.7 Å². The van der Waals surface area contributed by atoms with Gasteiger partial charge in [0.25, 0.3) is 0 Å². The molecule has 0 amide bonds. The summed E-state index contributed by atoms with van der Waals surface area (Å²) in [7, 11) is 0. The Kier molecular flexibility index (Phi) is 4.43. The van der Waals surface area contributed by atoms with Gasteiger partial charge in [-0.25, -0.2) is 0 Å². The molecule has 0 spiro atoms. The van der Waals surface area contributed by atoms with Crippen LogP contribution in [0.2, 0.25) is 0 Å². The van der Waals surface area contributed by atoms with E-state index >= 15 is 0 Å². The van der Waals surface area contributed by atoms with Gasteiger partial charge in [0.2, 0.25) is 0 Å². The summed E-state index contributed by atoms with van der Waals surface area (Å²) in [6, 6.07) is 12.9. The van der Waals surface area contributed by atoms with E-state index in [2.05, 4.69) is 73.1 Å². The lowest BCUT2D eigenvalue weighted by Crippen LogP contribution is -2.14. The highest BCUT2D eigenvalue weighted by Crippen LogP contribution is 2.26. The molecule has 0 heterocycles. The van der Waals surface area contributed by atoms with Crippen LogP contribution in [0, 0.1) is 20.8 Å². The minimum Gasteiger partial charge on any atom is -0.324 e. The third-order valence-corrected chi connectivity index (χ3v) is 4.27. The second-order valence-electron chi connectivity index (χ2n) is 5.25. The van der Waals surface area contributed by atoms with E-state index in [-0.39, 0.29) is 6.04 Å². The molecule has 2 heteroatoms. The Labute approximate surface area is 124 Å². The lowest BCUT2D eigenvalue weighted by atomic mass is 9.97. The smallest absolute Gasteiger partial charge is 0.0347 e. The van der Waals surface area contributed by atoms with Gasteiger partial charge in [0.1, 0.15) is 0 Å². The van der Waals surface area contributed by atoms with Crippen molar-refractivity contribution < 1.29 is 0 Å².